The molecule has 2 atom stereocenters. The van der Waals surface area contributed by atoms with E-state index in [1.165, 1.54) is 0 Å². The Balaban J connectivity index is 1.65. The largest absolute Gasteiger partial charge is 0.497 e. The first-order valence-electron chi connectivity index (χ1n) is 10.9. The minimum atomic E-state index is -1.16. The molecule has 0 radical (unpaired) electrons. The molecule has 0 aliphatic carbocycles. The maximum Gasteiger partial charge on any atom is 0.346 e. The molecule has 3 heterocycles. The Morgan fingerprint density at radius 1 is 0.912 bits per heavy atom. The number of benzene rings is 3. The highest BCUT2D eigenvalue weighted by molar-refractivity contribution is 5.85. The fraction of sp³-hybridized carbons (Fsp3) is 0.222. The monoisotopic (exact) mass is 458 g/mol. The fourth-order valence-electron chi connectivity index (χ4n) is 4.87. The number of hydrogen-bond acceptors (Lipinski definition) is 7. The smallest absolute Gasteiger partial charge is 0.346 e. The van der Waals surface area contributed by atoms with Gasteiger partial charge in [0.2, 0.25) is 5.79 Å². The van der Waals surface area contributed by atoms with E-state index in [-0.39, 0.29) is 0 Å². The van der Waals surface area contributed by atoms with Gasteiger partial charge in [-0.1, -0.05) is 12.1 Å². The van der Waals surface area contributed by atoms with Gasteiger partial charge < -0.3 is 28.1 Å². The third kappa shape index (κ3) is 2.90. The summed E-state index contributed by atoms with van der Waals surface area (Å²) in [5, 5.41) is 0.715. The van der Waals surface area contributed by atoms with E-state index in [0.717, 1.165) is 22.4 Å². The van der Waals surface area contributed by atoms with Crippen LogP contribution in [0.1, 0.15) is 28.4 Å². The quantitative estimate of drug-likeness (QED) is 0.409. The van der Waals surface area contributed by atoms with Crippen LogP contribution in [-0.2, 0) is 16.9 Å². The van der Waals surface area contributed by atoms with E-state index >= 15 is 0 Å². The highest BCUT2D eigenvalue weighted by atomic mass is 16.7. The third-order valence-corrected chi connectivity index (χ3v) is 6.52. The Morgan fingerprint density at radius 2 is 1.65 bits per heavy atom. The highest BCUT2D eigenvalue weighted by Crippen LogP contribution is 2.54. The molecule has 0 amide bonds. The van der Waals surface area contributed by atoms with Crippen molar-refractivity contribution in [1.29, 1.82) is 0 Å². The van der Waals surface area contributed by atoms with Crippen molar-refractivity contribution in [3.05, 3.63) is 93.3 Å². The van der Waals surface area contributed by atoms with Crippen LogP contribution in [0.25, 0.3) is 11.0 Å². The molecule has 1 aromatic heterocycles. The Bertz CT molecular complexity index is 1470. The molecule has 1 unspecified atom stereocenters. The average Bonchev–Trinajstić information content (AvgIpc) is 2.87. The van der Waals surface area contributed by atoms with E-state index < -0.39 is 17.5 Å². The molecule has 0 spiro atoms. The molecule has 2 aliphatic heterocycles. The lowest BCUT2D eigenvalue weighted by molar-refractivity contribution is -0.237. The predicted octanol–water partition coefficient (Wildman–Crippen LogP) is 4.73. The highest BCUT2D eigenvalue weighted by Gasteiger charge is 2.51. The third-order valence-electron chi connectivity index (χ3n) is 6.52. The summed E-state index contributed by atoms with van der Waals surface area (Å²) >= 11 is 0. The van der Waals surface area contributed by atoms with Crippen LogP contribution in [-0.4, -0.2) is 21.3 Å². The molecule has 0 fully saturated rings. The maximum absolute atomic E-state index is 13.2. The minimum Gasteiger partial charge on any atom is -0.497 e. The first kappa shape index (κ1) is 20.6. The zero-order valence-electron chi connectivity index (χ0n) is 18.9. The molecule has 0 saturated heterocycles. The van der Waals surface area contributed by atoms with E-state index in [4.69, 9.17) is 28.1 Å². The van der Waals surface area contributed by atoms with E-state index in [2.05, 4.69) is 0 Å². The van der Waals surface area contributed by atoms with Crippen LogP contribution in [0.2, 0.25) is 0 Å². The molecule has 0 N–H and O–H groups in total. The molecule has 34 heavy (non-hydrogen) atoms. The van der Waals surface area contributed by atoms with Crippen molar-refractivity contribution >= 4 is 11.0 Å². The lowest BCUT2D eigenvalue weighted by Crippen LogP contribution is -2.47. The molecule has 2 aliphatic rings. The first-order chi connectivity index (χ1) is 16.6. The van der Waals surface area contributed by atoms with Crippen LogP contribution in [0.3, 0.4) is 0 Å². The summed E-state index contributed by atoms with van der Waals surface area (Å²) in [6.07, 6.45) is -0.310. The molecule has 4 aromatic rings. The van der Waals surface area contributed by atoms with E-state index in [1.54, 1.807) is 27.4 Å². The lowest BCUT2D eigenvalue weighted by atomic mass is 9.84. The van der Waals surface area contributed by atoms with Gasteiger partial charge in [0, 0.05) is 12.0 Å². The van der Waals surface area contributed by atoms with Crippen molar-refractivity contribution in [1.82, 2.24) is 0 Å². The molecule has 172 valence electrons. The van der Waals surface area contributed by atoms with Crippen molar-refractivity contribution < 1.29 is 28.1 Å². The SMILES string of the molecule is COc1ccc([C@]23Cc4cc(OC)c(OC)cc4C(O2)c2c(c4ccccc4oc2=O)O3)cc1. The molecule has 3 aromatic carbocycles. The van der Waals surface area contributed by atoms with Gasteiger partial charge in [-0.2, -0.15) is 0 Å². The Kier molecular flexibility index (Phi) is 4.57. The van der Waals surface area contributed by atoms with Crippen LogP contribution in [0, 0.1) is 0 Å². The van der Waals surface area contributed by atoms with Gasteiger partial charge in [0.25, 0.3) is 0 Å². The summed E-state index contributed by atoms with van der Waals surface area (Å²) in [5.41, 5.74) is 2.85. The van der Waals surface area contributed by atoms with Gasteiger partial charge in [0.05, 0.1) is 26.7 Å². The van der Waals surface area contributed by atoms with Gasteiger partial charge >= 0.3 is 5.63 Å². The average molecular weight is 458 g/mol. The van der Waals surface area contributed by atoms with Crippen molar-refractivity contribution in [2.75, 3.05) is 21.3 Å². The molecule has 7 heteroatoms. The van der Waals surface area contributed by atoms with Crippen LogP contribution >= 0.6 is 0 Å². The molecular weight excluding hydrogens is 436 g/mol. The van der Waals surface area contributed by atoms with Crippen LogP contribution in [0.15, 0.2) is 69.9 Å². The van der Waals surface area contributed by atoms with Crippen LogP contribution in [0.4, 0.5) is 0 Å². The predicted molar refractivity (Wildman–Crippen MR) is 124 cm³/mol. The summed E-state index contributed by atoms with van der Waals surface area (Å²) < 4.78 is 35.3. The van der Waals surface area contributed by atoms with Gasteiger partial charge in [-0.3, -0.25) is 0 Å². The zero-order valence-corrected chi connectivity index (χ0v) is 18.9. The van der Waals surface area contributed by atoms with Gasteiger partial charge in [0.15, 0.2) is 11.5 Å². The van der Waals surface area contributed by atoms with E-state index in [9.17, 15) is 4.79 Å². The van der Waals surface area contributed by atoms with Gasteiger partial charge in [-0.15, -0.1) is 0 Å². The number of fused-ring (bicyclic) bond motifs is 8. The number of hydrogen-bond donors (Lipinski definition) is 0. The molecule has 6 rings (SSSR count). The normalized spacial score (nSPS) is 20.1. The van der Waals surface area contributed by atoms with E-state index in [0.29, 0.717) is 40.2 Å². The maximum atomic E-state index is 13.2. The second-order valence-electron chi connectivity index (χ2n) is 8.29. The van der Waals surface area contributed by atoms with E-state index in [1.807, 2.05) is 54.6 Å². The number of para-hydroxylation sites is 1. The molecule has 2 bridgehead atoms. The Morgan fingerprint density at radius 3 is 2.38 bits per heavy atom. The fourth-order valence-corrected chi connectivity index (χ4v) is 4.87. The topological polar surface area (TPSA) is 76.4 Å². The summed E-state index contributed by atoms with van der Waals surface area (Å²) in [6.45, 7) is 0. The van der Waals surface area contributed by atoms with Crippen molar-refractivity contribution in [2.24, 2.45) is 0 Å². The van der Waals surface area contributed by atoms with Gasteiger partial charge in [-0.05, 0) is 59.7 Å². The molecule has 7 nitrogen and oxygen atoms in total. The van der Waals surface area contributed by atoms with Crippen LogP contribution in [0.5, 0.6) is 23.0 Å². The lowest BCUT2D eigenvalue weighted by Gasteiger charge is -2.46. The van der Waals surface area contributed by atoms with Crippen LogP contribution < -0.4 is 24.6 Å². The number of rotatable bonds is 4. The number of ether oxygens (including phenoxy) is 5. The zero-order chi connectivity index (χ0) is 23.4. The van der Waals surface area contributed by atoms with Crippen molar-refractivity contribution in [2.45, 2.75) is 18.3 Å². The Hall–Kier alpha value is -3.97. The minimum absolute atomic E-state index is 0.330. The van der Waals surface area contributed by atoms with Crippen molar-refractivity contribution in [3.63, 3.8) is 0 Å². The second kappa shape index (κ2) is 7.53. The second-order valence-corrected chi connectivity index (χ2v) is 8.29. The summed E-state index contributed by atoms with van der Waals surface area (Å²) in [4.78, 5) is 13.2. The molecule has 0 saturated carbocycles. The summed E-state index contributed by atoms with van der Waals surface area (Å²) in [7, 11) is 4.79. The number of methoxy groups -OCH3 is 3. The molecular formula is C27H22O7. The summed E-state index contributed by atoms with van der Waals surface area (Å²) in [6, 6.07) is 18.7. The standard InChI is InChI=1S/C27H22O7/c1-29-17-10-8-16(9-11-17)27-14-15-12-21(30-2)22(31-3)13-19(15)25(34-27)23-24(33-27)18-6-4-5-7-20(18)32-26(23)28/h4-13,25H,14H2,1-3H3/t25?,27-/m0/s1. The summed E-state index contributed by atoms with van der Waals surface area (Å²) in [5.74, 6) is 1.19. The Labute approximate surface area is 195 Å². The van der Waals surface area contributed by atoms with Gasteiger partial charge in [0.1, 0.15) is 28.7 Å². The van der Waals surface area contributed by atoms with Gasteiger partial charge in [-0.25, -0.2) is 4.79 Å². The van der Waals surface area contributed by atoms with Crippen molar-refractivity contribution in [3.8, 4) is 23.0 Å². The first-order valence-corrected chi connectivity index (χ1v) is 10.9.